The van der Waals surface area contributed by atoms with Gasteiger partial charge in [0.1, 0.15) is 6.54 Å². The molecule has 0 atom stereocenters. The number of nitrogens with one attached hydrogen (secondary N) is 1. The summed E-state index contributed by atoms with van der Waals surface area (Å²) in [5.74, 6) is -0.681. The maximum absolute atomic E-state index is 14.0. The van der Waals surface area contributed by atoms with Crippen molar-refractivity contribution in [2.75, 3.05) is 26.2 Å². The fourth-order valence-corrected chi connectivity index (χ4v) is 5.08. The zero-order valence-electron chi connectivity index (χ0n) is 18.1. The van der Waals surface area contributed by atoms with E-state index in [-0.39, 0.29) is 18.5 Å². The number of carbonyl (C=O) groups excluding carboxylic acids is 2. The molecule has 2 heterocycles. The number of likely N-dealkylation sites (tertiary alicyclic amines) is 1. The number of imide groups is 1. The number of rotatable bonds is 5. The van der Waals surface area contributed by atoms with Crippen LogP contribution in [0.5, 0.6) is 0 Å². The summed E-state index contributed by atoms with van der Waals surface area (Å²) in [5, 5.41) is 12.9. The number of amides is 3. The Labute approximate surface area is 188 Å². The molecule has 0 aromatic heterocycles. The molecule has 7 heteroatoms. The summed E-state index contributed by atoms with van der Waals surface area (Å²) in [6, 6.07) is 19.0. The molecule has 0 aliphatic carbocycles. The smallest absolute Gasteiger partial charge is 0.414 e. The third kappa shape index (κ3) is 4.12. The fraction of sp³-hybridized carbons (Fsp3) is 0.400. The second-order valence-corrected chi connectivity index (χ2v) is 8.50. The third-order valence-electron chi connectivity index (χ3n) is 6.64. The van der Waals surface area contributed by atoms with E-state index in [0.717, 1.165) is 22.4 Å². The Morgan fingerprint density at radius 3 is 2.09 bits per heavy atom. The van der Waals surface area contributed by atoms with Crippen LogP contribution in [0, 0.1) is 0 Å². The highest BCUT2D eigenvalue weighted by molar-refractivity contribution is 5.98. The van der Waals surface area contributed by atoms with Gasteiger partial charge < -0.3 is 15.3 Å². The number of benzene rings is 2. The Balaban J connectivity index is 1.64. The first-order valence-corrected chi connectivity index (χ1v) is 11.2. The van der Waals surface area contributed by atoms with Crippen LogP contribution in [0.25, 0.3) is 0 Å². The Morgan fingerprint density at radius 2 is 1.56 bits per heavy atom. The molecule has 0 bridgehead atoms. The number of hydrogen-bond acceptors (Lipinski definition) is 4. The molecule has 2 aromatic rings. The first-order valence-electron chi connectivity index (χ1n) is 11.2. The Kier molecular flexibility index (Phi) is 6.55. The first kappa shape index (κ1) is 22.0. The minimum atomic E-state index is -1.25. The van der Waals surface area contributed by atoms with Crippen molar-refractivity contribution < 1.29 is 19.5 Å². The normalized spacial score (nSPS) is 18.9. The molecule has 2 aromatic carbocycles. The third-order valence-corrected chi connectivity index (χ3v) is 6.64. The number of piperidine rings is 2. The summed E-state index contributed by atoms with van der Waals surface area (Å²) >= 11 is 0. The molecule has 0 unspecified atom stereocenters. The van der Waals surface area contributed by atoms with Crippen LogP contribution >= 0.6 is 0 Å². The van der Waals surface area contributed by atoms with Gasteiger partial charge in [-0.1, -0.05) is 60.7 Å². The molecular weight excluding hydrogens is 406 g/mol. The quantitative estimate of drug-likeness (QED) is 0.754. The molecular formula is C25H29N3O4. The zero-order chi connectivity index (χ0) is 22.6. The molecule has 0 spiro atoms. The van der Waals surface area contributed by atoms with Crippen molar-refractivity contribution in [3.05, 3.63) is 71.8 Å². The topological polar surface area (TPSA) is 90.0 Å². The first-order chi connectivity index (χ1) is 15.5. The standard InChI is InChI=1S/C25H29N3O4/c29-22(28(24(31)32)21-12-15-26-16-13-21)18-27-17-7-14-25(23(27)30,19-8-3-1-4-9-19)20-10-5-2-6-11-20/h1-6,8-11,21,26H,7,12-18H2,(H,31,32). The highest BCUT2D eigenvalue weighted by Crippen LogP contribution is 2.41. The molecule has 4 rings (SSSR count). The molecule has 0 saturated carbocycles. The average Bonchev–Trinajstić information content (AvgIpc) is 2.82. The summed E-state index contributed by atoms with van der Waals surface area (Å²) in [6.07, 6.45) is 1.29. The van der Waals surface area contributed by atoms with Crippen molar-refractivity contribution in [3.63, 3.8) is 0 Å². The molecule has 32 heavy (non-hydrogen) atoms. The van der Waals surface area contributed by atoms with Crippen LogP contribution in [0.3, 0.4) is 0 Å². The number of carboxylic acid groups (broad SMARTS) is 1. The largest absolute Gasteiger partial charge is 0.465 e. The van der Waals surface area contributed by atoms with Crippen molar-refractivity contribution in [2.45, 2.75) is 37.1 Å². The van der Waals surface area contributed by atoms with Crippen LogP contribution in [0.1, 0.15) is 36.8 Å². The van der Waals surface area contributed by atoms with Gasteiger partial charge in [-0.15, -0.1) is 0 Å². The predicted octanol–water partition coefficient (Wildman–Crippen LogP) is 2.85. The van der Waals surface area contributed by atoms with Crippen molar-refractivity contribution in [1.82, 2.24) is 15.1 Å². The van der Waals surface area contributed by atoms with Crippen LogP contribution in [0.15, 0.2) is 60.7 Å². The van der Waals surface area contributed by atoms with Crippen LogP contribution in [-0.2, 0) is 15.0 Å². The van der Waals surface area contributed by atoms with Crippen LogP contribution in [-0.4, -0.2) is 65.0 Å². The molecule has 7 nitrogen and oxygen atoms in total. The van der Waals surface area contributed by atoms with E-state index in [1.807, 2.05) is 60.7 Å². The van der Waals surface area contributed by atoms with Gasteiger partial charge in [0, 0.05) is 12.6 Å². The van der Waals surface area contributed by atoms with E-state index in [4.69, 9.17) is 0 Å². The molecule has 3 amide bonds. The van der Waals surface area contributed by atoms with Crippen molar-refractivity contribution in [2.24, 2.45) is 0 Å². The highest BCUT2D eigenvalue weighted by atomic mass is 16.4. The van der Waals surface area contributed by atoms with Crippen LogP contribution in [0.2, 0.25) is 0 Å². The molecule has 2 aliphatic heterocycles. The van der Waals surface area contributed by atoms with Gasteiger partial charge >= 0.3 is 6.09 Å². The second kappa shape index (κ2) is 9.53. The van der Waals surface area contributed by atoms with Crippen molar-refractivity contribution >= 4 is 17.9 Å². The van der Waals surface area contributed by atoms with Gasteiger partial charge in [0.25, 0.3) is 5.91 Å². The van der Waals surface area contributed by atoms with Gasteiger partial charge in [-0.25, -0.2) is 9.69 Å². The maximum atomic E-state index is 14.0. The molecule has 2 N–H and O–H groups in total. The van der Waals surface area contributed by atoms with E-state index in [1.165, 1.54) is 0 Å². The Hall–Kier alpha value is -3.19. The maximum Gasteiger partial charge on any atom is 0.414 e. The summed E-state index contributed by atoms with van der Waals surface area (Å²) in [5.41, 5.74) is 0.896. The molecule has 2 aliphatic rings. The summed E-state index contributed by atoms with van der Waals surface area (Å²) in [7, 11) is 0. The Morgan fingerprint density at radius 1 is 1.00 bits per heavy atom. The monoisotopic (exact) mass is 435 g/mol. The van der Waals surface area contributed by atoms with Gasteiger partial charge in [-0.05, 0) is 49.9 Å². The zero-order valence-corrected chi connectivity index (χ0v) is 18.1. The molecule has 168 valence electrons. The van der Waals surface area contributed by atoms with Crippen LogP contribution < -0.4 is 5.32 Å². The van der Waals surface area contributed by atoms with Crippen molar-refractivity contribution in [3.8, 4) is 0 Å². The lowest BCUT2D eigenvalue weighted by molar-refractivity contribution is -0.145. The van der Waals surface area contributed by atoms with Gasteiger partial charge in [0.05, 0.1) is 5.41 Å². The summed E-state index contributed by atoms with van der Waals surface area (Å²) in [4.78, 5) is 41.5. The average molecular weight is 436 g/mol. The second-order valence-electron chi connectivity index (χ2n) is 8.50. The van der Waals surface area contributed by atoms with Crippen molar-refractivity contribution in [1.29, 1.82) is 0 Å². The van der Waals surface area contributed by atoms with E-state index < -0.39 is 17.4 Å². The van der Waals surface area contributed by atoms with Gasteiger partial charge in [0.2, 0.25) is 5.91 Å². The molecule has 2 saturated heterocycles. The van der Waals surface area contributed by atoms with Gasteiger partial charge in [0.15, 0.2) is 0 Å². The van der Waals surface area contributed by atoms with Gasteiger partial charge in [-0.3, -0.25) is 9.59 Å². The number of carbonyl (C=O) groups is 3. The highest BCUT2D eigenvalue weighted by Gasteiger charge is 2.47. The Bertz CT molecular complexity index is 918. The lowest BCUT2D eigenvalue weighted by atomic mass is 9.68. The van der Waals surface area contributed by atoms with E-state index in [0.29, 0.717) is 38.9 Å². The minimum absolute atomic E-state index is 0.148. The van der Waals surface area contributed by atoms with Gasteiger partial charge in [-0.2, -0.15) is 0 Å². The van der Waals surface area contributed by atoms with E-state index in [9.17, 15) is 19.5 Å². The lowest BCUT2D eigenvalue weighted by Crippen LogP contribution is -2.57. The van der Waals surface area contributed by atoms with Crippen LogP contribution in [0.4, 0.5) is 4.79 Å². The predicted molar refractivity (Wildman–Crippen MR) is 120 cm³/mol. The number of hydrogen-bond donors (Lipinski definition) is 2. The van der Waals surface area contributed by atoms with E-state index in [1.54, 1.807) is 4.90 Å². The minimum Gasteiger partial charge on any atom is -0.465 e. The summed E-state index contributed by atoms with van der Waals surface area (Å²) < 4.78 is 0. The SMILES string of the molecule is O=C(O)N(C(=O)CN1CCCC(c2ccccc2)(c2ccccc2)C1=O)C1CCNCC1. The van der Waals surface area contributed by atoms with E-state index >= 15 is 0 Å². The fourth-order valence-electron chi connectivity index (χ4n) is 5.08. The molecule has 2 fully saturated rings. The summed E-state index contributed by atoms with van der Waals surface area (Å²) in [6.45, 7) is 1.56. The molecule has 0 radical (unpaired) electrons. The lowest BCUT2D eigenvalue weighted by Gasteiger charge is -2.43. The number of nitrogens with zero attached hydrogens (tertiary/aromatic N) is 2. The van der Waals surface area contributed by atoms with E-state index in [2.05, 4.69) is 5.32 Å².